The van der Waals surface area contributed by atoms with Gasteiger partial charge in [0.05, 0.1) is 10.7 Å². The van der Waals surface area contributed by atoms with Gasteiger partial charge in [-0.3, -0.25) is 19.7 Å². The number of carbonyl (C=O) groups excluding carboxylic acids is 2. The highest BCUT2D eigenvalue weighted by Gasteiger charge is 2.12. The number of hydrogen-bond acceptors (Lipinski definition) is 5. The first-order chi connectivity index (χ1) is 16.0. The van der Waals surface area contributed by atoms with Crippen LogP contribution in [0.15, 0.2) is 95.9 Å². The Kier molecular flexibility index (Phi) is 6.66. The first-order valence-electron chi connectivity index (χ1n) is 10.1. The lowest BCUT2D eigenvalue weighted by Gasteiger charge is -2.09. The number of carbonyl (C=O) groups is 2. The normalized spacial score (nSPS) is 10.5. The first kappa shape index (κ1) is 22.0. The molecule has 33 heavy (non-hydrogen) atoms. The van der Waals surface area contributed by atoms with Crippen molar-refractivity contribution in [2.45, 2.75) is 4.90 Å². The second kappa shape index (κ2) is 9.97. The van der Waals surface area contributed by atoms with Crippen molar-refractivity contribution >= 4 is 51.4 Å². The maximum atomic E-state index is 12.4. The average Bonchev–Trinajstić information content (AvgIpc) is 2.84. The number of hydrogen-bond donors (Lipinski definition) is 2. The molecule has 0 saturated carbocycles. The number of rotatable bonds is 7. The minimum atomic E-state index is -0.542. The van der Waals surface area contributed by atoms with Crippen molar-refractivity contribution in [2.24, 2.45) is 0 Å². The number of anilines is 2. The molecule has 0 bridgehead atoms. The van der Waals surface area contributed by atoms with Gasteiger partial charge in [-0.05, 0) is 41.8 Å². The number of nitrogens with one attached hydrogen (secondary N) is 2. The third-order valence-electron chi connectivity index (χ3n) is 4.87. The van der Waals surface area contributed by atoms with E-state index in [2.05, 4.69) is 10.6 Å². The van der Waals surface area contributed by atoms with Crippen LogP contribution >= 0.6 is 11.8 Å². The molecule has 0 radical (unpaired) electrons. The summed E-state index contributed by atoms with van der Waals surface area (Å²) in [4.78, 5) is 36.0. The standard InChI is InChI=1S/C25H19N3O4S/c29-24(27-23-10-4-6-17-5-1-2-9-22(17)23)16-33-21-13-11-19(12-14-21)26-25(30)18-7-3-8-20(15-18)28(31)32/h1-15H,16H2,(H,26,30)(H,27,29). The molecule has 0 atom stereocenters. The molecule has 2 N–H and O–H groups in total. The molecule has 0 heterocycles. The van der Waals surface area contributed by atoms with E-state index in [1.807, 2.05) is 42.5 Å². The Morgan fingerprint density at radius 1 is 0.848 bits per heavy atom. The number of benzene rings is 4. The monoisotopic (exact) mass is 457 g/mol. The Morgan fingerprint density at radius 2 is 1.58 bits per heavy atom. The van der Waals surface area contributed by atoms with Crippen LogP contribution in [-0.2, 0) is 4.79 Å². The molecule has 8 heteroatoms. The van der Waals surface area contributed by atoms with E-state index in [1.165, 1.54) is 36.0 Å². The van der Waals surface area contributed by atoms with Gasteiger partial charge in [0.2, 0.25) is 5.91 Å². The minimum Gasteiger partial charge on any atom is -0.325 e. The van der Waals surface area contributed by atoms with Crippen molar-refractivity contribution < 1.29 is 14.5 Å². The Bertz CT molecular complexity index is 1330. The number of nitrogens with zero attached hydrogens (tertiary/aromatic N) is 1. The van der Waals surface area contributed by atoms with Crippen molar-refractivity contribution in [1.82, 2.24) is 0 Å². The molecule has 0 aliphatic carbocycles. The van der Waals surface area contributed by atoms with Gasteiger partial charge in [0.1, 0.15) is 0 Å². The minimum absolute atomic E-state index is 0.112. The Balaban J connectivity index is 1.33. The van der Waals surface area contributed by atoms with Gasteiger partial charge >= 0.3 is 0 Å². The average molecular weight is 458 g/mol. The van der Waals surface area contributed by atoms with E-state index < -0.39 is 10.8 Å². The number of non-ortho nitro benzene ring substituents is 1. The third kappa shape index (κ3) is 5.55. The van der Waals surface area contributed by atoms with Crippen LogP contribution in [0.25, 0.3) is 10.8 Å². The molecule has 0 aliphatic heterocycles. The molecule has 164 valence electrons. The summed E-state index contributed by atoms with van der Waals surface area (Å²) in [6.45, 7) is 0. The van der Waals surface area contributed by atoms with Crippen molar-refractivity contribution in [3.63, 3.8) is 0 Å². The maximum absolute atomic E-state index is 12.4. The highest BCUT2D eigenvalue weighted by atomic mass is 32.2. The lowest BCUT2D eigenvalue weighted by Crippen LogP contribution is -2.14. The molecule has 7 nitrogen and oxygen atoms in total. The molecule has 0 spiro atoms. The van der Waals surface area contributed by atoms with E-state index in [0.717, 1.165) is 21.4 Å². The SMILES string of the molecule is O=C(CSc1ccc(NC(=O)c2cccc([N+](=O)[O-])c2)cc1)Nc1cccc2ccccc12. The van der Waals surface area contributed by atoms with Crippen LogP contribution in [0.5, 0.6) is 0 Å². The molecular weight excluding hydrogens is 438 g/mol. The largest absolute Gasteiger partial charge is 0.325 e. The zero-order chi connectivity index (χ0) is 23.2. The summed E-state index contributed by atoms with van der Waals surface area (Å²) in [6.07, 6.45) is 0. The van der Waals surface area contributed by atoms with Gasteiger partial charge in [-0.2, -0.15) is 0 Å². The van der Waals surface area contributed by atoms with Crippen molar-refractivity contribution in [3.05, 3.63) is 107 Å². The van der Waals surface area contributed by atoms with E-state index in [0.29, 0.717) is 5.69 Å². The highest BCUT2D eigenvalue weighted by molar-refractivity contribution is 8.00. The summed E-state index contributed by atoms with van der Waals surface area (Å²) in [6, 6.07) is 26.3. The molecule has 2 amide bonds. The fraction of sp³-hybridized carbons (Fsp3) is 0.0400. The Morgan fingerprint density at radius 3 is 2.36 bits per heavy atom. The summed E-state index contributed by atoms with van der Waals surface area (Å²) < 4.78 is 0. The van der Waals surface area contributed by atoms with Gasteiger partial charge in [-0.1, -0.05) is 42.5 Å². The number of fused-ring (bicyclic) bond motifs is 1. The van der Waals surface area contributed by atoms with Gasteiger partial charge < -0.3 is 10.6 Å². The molecule has 0 unspecified atom stereocenters. The predicted molar refractivity (Wildman–Crippen MR) is 131 cm³/mol. The van der Waals surface area contributed by atoms with Crippen LogP contribution < -0.4 is 10.6 Å². The summed E-state index contributed by atoms with van der Waals surface area (Å²) in [5.41, 5.74) is 1.39. The molecular formula is C25H19N3O4S. The van der Waals surface area contributed by atoms with Crippen LogP contribution in [0.4, 0.5) is 17.1 Å². The van der Waals surface area contributed by atoms with E-state index in [9.17, 15) is 19.7 Å². The van der Waals surface area contributed by atoms with Crippen LogP contribution in [0, 0.1) is 10.1 Å². The van der Waals surface area contributed by atoms with Crippen LogP contribution in [0.2, 0.25) is 0 Å². The molecule has 0 aromatic heterocycles. The predicted octanol–water partition coefficient (Wildman–Crippen LogP) is 5.73. The van der Waals surface area contributed by atoms with E-state index in [1.54, 1.807) is 24.3 Å². The van der Waals surface area contributed by atoms with Crippen molar-refractivity contribution in [2.75, 3.05) is 16.4 Å². The number of thioether (sulfide) groups is 1. The molecule has 0 aliphatic rings. The van der Waals surface area contributed by atoms with Gasteiger partial charge in [0, 0.05) is 39.4 Å². The number of amides is 2. The lowest BCUT2D eigenvalue weighted by atomic mass is 10.1. The summed E-state index contributed by atoms with van der Waals surface area (Å²) in [5, 5.41) is 18.6. The molecule has 4 aromatic rings. The fourth-order valence-electron chi connectivity index (χ4n) is 3.27. The molecule has 4 rings (SSSR count). The van der Waals surface area contributed by atoms with E-state index in [4.69, 9.17) is 0 Å². The van der Waals surface area contributed by atoms with Gasteiger partial charge in [0.25, 0.3) is 11.6 Å². The lowest BCUT2D eigenvalue weighted by molar-refractivity contribution is -0.384. The summed E-state index contributed by atoms with van der Waals surface area (Å²) in [7, 11) is 0. The zero-order valence-corrected chi connectivity index (χ0v) is 18.2. The van der Waals surface area contributed by atoms with Crippen LogP contribution in [0.1, 0.15) is 10.4 Å². The zero-order valence-electron chi connectivity index (χ0n) is 17.4. The maximum Gasteiger partial charge on any atom is 0.270 e. The smallest absolute Gasteiger partial charge is 0.270 e. The first-order valence-corrected chi connectivity index (χ1v) is 11.0. The fourth-order valence-corrected chi connectivity index (χ4v) is 3.97. The van der Waals surface area contributed by atoms with E-state index >= 15 is 0 Å². The summed E-state index contributed by atoms with van der Waals surface area (Å²) in [5.74, 6) is -0.309. The summed E-state index contributed by atoms with van der Waals surface area (Å²) >= 11 is 1.38. The van der Waals surface area contributed by atoms with Gasteiger partial charge in [-0.25, -0.2) is 0 Å². The second-order valence-electron chi connectivity index (χ2n) is 7.15. The Hall–Kier alpha value is -4.17. The topological polar surface area (TPSA) is 101 Å². The number of nitro benzene ring substituents is 1. The molecule has 0 saturated heterocycles. The molecule has 4 aromatic carbocycles. The van der Waals surface area contributed by atoms with Gasteiger partial charge in [0.15, 0.2) is 0 Å². The number of nitro groups is 1. The van der Waals surface area contributed by atoms with Crippen molar-refractivity contribution in [3.8, 4) is 0 Å². The second-order valence-corrected chi connectivity index (χ2v) is 8.20. The Labute approximate surface area is 194 Å². The third-order valence-corrected chi connectivity index (χ3v) is 5.88. The van der Waals surface area contributed by atoms with Crippen LogP contribution in [-0.4, -0.2) is 22.5 Å². The molecule has 0 fully saturated rings. The van der Waals surface area contributed by atoms with Crippen molar-refractivity contribution in [1.29, 1.82) is 0 Å². The van der Waals surface area contributed by atoms with Crippen LogP contribution in [0.3, 0.4) is 0 Å². The highest BCUT2D eigenvalue weighted by Crippen LogP contribution is 2.25. The van der Waals surface area contributed by atoms with Gasteiger partial charge in [-0.15, -0.1) is 11.8 Å². The van der Waals surface area contributed by atoms with E-state index in [-0.39, 0.29) is 22.9 Å². The quantitative estimate of drug-likeness (QED) is 0.210.